The van der Waals surface area contributed by atoms with Gasteiger partial charge in [-0.3, -0.25) is 4.79 Å². The standard InChI is InChI=1S/C31H31NO3/c1-23(19-24-9-5-4-6-10-24)22-32(18-17-25-13-16-29(34-2)30(20-25)35-3)31(33)28-15-14-26-11-7-8-12-27(26)21-28/h4-16,19-21H,17-18,22H2,1-3H3. The molecular formula is C31H31NO3. The molecule has 0 bridgehead atoms. The van der Waals surface area contributed by atoms with Crippen LogP contribution in [0.15, 0.2) is 96.6 Å². The molecule has 4 heteroatoms. The second-order valence-electron chi connectivity index (χ2n) is 8.63. The van der Waals surface area contributed by atoms with Gasteiger partial charge in [-0.15, -0.1) is 0 Å². The predicted molar refractivity (Wildman–Crippen MR) is 143 cm³/mol. The van der Waals surface area contributed by atoms with Gasteiger partial charge in [0, 0.05) is 18.7 Å². The second kappa shape index (κ2) is 11.4. The number of fused-ring (bicyclic) bond motifs is 1. The van der Waals surface area contributed by atoms with E-state index in [1.165, 1.54) is 0 Å². The van der Waals surface area contributed by atoms with E-state index in [2.05, 4.69) is 31.2 Å². The maximum atomic E-state index is 13.7. The number of rotatable bonds is 9. The van der Waals surface area contributed by atoms with Crippen molar-refractivity contribution in [1.82, 2.24) is 4.90 Å². The lowest BCUT2D eigenvalue weighted by Gasteiger charge is -2.24. The molecule has 0 aliphatic rings. The Balaban J connectivity index is 1.59. The van der Waals surface area contributed by atoms with Gasteiger partial charge in [0.2, 0.25) is 0 Å². The van der Waals surface area contributed by atoms with E-state index in [-0.39, 0.29) is 5.91 Å². The average molecular weight is 466 g/mol. The van der Waals surface area contributed by atoms with Gasteiger partial charge < -0.3 is 14.4 Å². The third-order valence-corrected chi connectivity index (χ3v) is 6.05. The molecule has 0 saturated heterocycles. The molecule has 0 fully saturated rings. The van der Waals surface area contributed by atoms with E-state index in [0.29, 0.717) is 36.6 Å². The maximum absolute atomic E-state index is 13.7. The summed E-state index contributed by atoms with van der Waals surface area (Å²) in [7, 11) is 3.26. The smallest absolute Gasteiger partial charge is 0.254 e. The van der Waals surface area contributed by atoms with Gasteiger partial charge in [-0.25, -0.2) is 0 Å². The summed E-state index contributed by atoms with van der Waals surface area (Å²) in [5.74, 6) is 1.41. The van der Waals surface area contributed by atoms with Gasteiger partial charge in [0.1, 0.15) is 0 Å². The zero-order valence-corrected chi connectivity index (χ0v) is 20.5. The van der Waals surface area contributed by atoms with Crippen LogP contribution < -0.4 is 9.47 Å². The number of carbonyl (C=O) groups is 1. The highest BCUT2D eigenvalue weighted by Gasteiger charge is 2.17. The molecule has 4 aromatic carbocycles. The van der Waals surface area contributed by atoms with Crippen LogP contribution in [0, 0.1) is 0 Å². The second-order valence-corrected chi connectivity index (χ2v) is 8.63. The number of nitrogens with zero attached hydrogens (tertiary/aromatic N) is 1. The van der Waals surface area contributed by atoms with Crippen molar-refractivity contribution in [3.05, 3.63) is 113 Å². The van der Waals surface area contributed by atoms with Crippen molar-refractivity contribution in [2.45, 2.75) is 13.3 Å². The zero-order chi connectivity index (χ0) is 24.6. The van der Waals surface area contributed by atoms with E-state index in [9.17, 15) is 4.79 Å². The fourth-order valence-electron chi connectivity index (χ4n) is 4.24. The molecule has 0 spiro atoms. The lowest BCUT2D eigenvalue weighted by molar-refractivity contribution is 0.0772. The quantitative estimate of drug-likeness (QED) is 0.278. The topological polar surface area (TPSA) is 38.8 Å². The minimum atomic E-state index is 0.0250. The van der Waals surface area contributed by atoms with Crippen molar-refractivity contribution in [2.75, 3.05) is 27.3 Å². The molecule has 0 saturated carbocycles. The highest BCUT2D eigenvalue weighted by Crippen LogP contribution is 2.28. The molecule has 4 aromatic rings. The summed E-state index contributed by atoms with van der Waals surface area (Å²) in [6.07, 6.45) is 2.84. The predicted octanol–water partition coefficient (Wildman–Crippen LogP) is 6.65. The van der Waals surface area contributed by atoms with E-state index in [1.54, 1.807) is 14.2 Å². The Morgan fingerprint density at radius 3 is 2.26 bits per heavy atom. The van der Waals surface area contributed by atoms with Gasteiger partial charge in [-0.05, 0) is 59.5 Å². The van der Waals surface area contributed by atoms with Crippen LogP contribution in [0.1, 0.15) is 28.4 Å². The van der Waals surface area contributed by atoms with Crippen LogP contribution in [0.3, 0.4) is 0 Å². The van der Waals surface area contributed by atoms with E-state index in [4.69, 9.17) is 9.47 Å². The highest BCUT2D eigenvalue weighted by atomic mass is 16.5. The van der Waals surface area contributed by atoms with E-state index in [1.807, 2.05) is 77.7 Å². The van der Waals surface area contributed by atoms with Gasteiger partial charge in [-0.1, -0.05) is 78.4 Å². The zero-order valence-electron chi connectivity index (χ0n) is 20.5. The number of hydrogen-bond donors (Lipinski definition) is 0. The molecule has 0 aliphatic carbocycles. The monoisotopic (exact) mass is 465 g/mol. The summed E-state index contributed by atoms with van der Waals surface area (Å²) in [4.78, 5) is 15.6. The van der Waals surface area contributed by atoms with E-state index < -0.39 is 0 Å². The van der Waals surface area contributed by atoms with Gasteiger partial charge >= 0.3 is 0 Å². The first-order valence-electron chi connectivity index (χ1n) is 11.8. The molecule has 35 heavy (non-hydrogen) atoms. The Hall–Kier alpha value is -4.05. The van der Waals surface area contributed by atoms with E-state index >= 15 is 0 Å². The van der Waals surface area contributed by atoms with Gasteiger partial charge in [0.05, 0.1) is 14.2 Å². The fraction of sp³-hybridized carbons (Fsp3) is 0.194. The summed E-state index contributed by atoms with van der Waals surface area (Å²) in [6, 6.07) is 30.1. The summed E-state index contributed by atoms with van der Waals surface area (Å²) < 4.78 is 10.8. The summed E-state index contributed by atoms with van der Waals surface area (Å²) in [5, 5.41) is 2.19. The number of methoxy groups -OCH3 is 2. The largest absolute Gasteiger partial charge is 0.493 e. The number of benzene rings is 4. The minimum Gasteiger partial charge on any atom is -0.493 e. The SMILES string of the molecule is COc1ccc(CCN(CC(C)=Cc2ccccc2)C(=O)c2ccc3ccccc3c2)cc1OC. The van der Waals surface area contributed by atoms with Gasteiger partial charge in [-0.2, -0.15) is 0 Å². The van der Waals surface area contributed by atoms with Crippen molar-refractivity contribution < 1.29 is 14.3 Å². The normalized spacial score (nSPS) is 11.3. The number of hydrogen-bond acceptors (Lipinski definition) is 3. The third-order valence-electron chi connectivity index (χ3n) is 6.05. The molecule has 178 valence electrons. The van der Waals surface area contributed by atoms with Crippen LogP contribution in [0.2, 0.25) is 0 Å². The minimum absolute atomic E-state index is 0.0250. The first kappa shape index (κ1) is 24.1. The summed E-state index contributed by atoms with van der Waals surface area (Å²) in [5.41, 5.74) is 4.04. The Morgan fingerprint density at radius 1 is 0.800 bits per heavy atom. The number of carbonyl (C=O) groups excluding carboxylic acids is 1. The molecule has 4 rings (SSSR count). The molecule has 0 aliphatic heterocycles. The van der Waals surface area contributed by atoms with Crippen molar-refractivity contribution in [3.63, 3.8) is 0 Å². The molecule has 0 radical (unpaired) electrons. The summed E-state index contributed by atoms with van der Waals surface area (Å²) in [6.45, 7) is 3.21. The van der Waals surface area contributed by atoms with Crippen LogP contribution in [0.25, 0.3) is 16.8 Å². The Bertz CT molecular complexity index is 1330. The van der Waals surface area contributed by atoms with Crippen LogP contribution >= 0.6 is 0 Å². The van der Waals surface area contributed by atoms with Crippen molar-refractivity contribution in [3.8, 4) is 11.5 Å². The average Bonchev–Trinajstić information content (AvgIpc) is 2.90. The molecule has 0 atom stereocenters. The molecule has 0 N–H and O–H groups in total. The lowest BCUT2D eigenvalue weighted by Crippen LogP contribution is -2.34. The van der Waals surface area contributed by atoms with Crippen LogP contribution in [-0.4, -0.2) is 38.1 Å². The van der Waals surface area contributed by atoms with Crippen molar-refractivity contribution >= 4 is 22.8 Å². The Labute approximate surface area is 207 Å². The van der Waals surface area contributed by atoms with Crippen LogP contribution in [0.4, 0.5) is 0 Å². The van der Waals surface area contributed by atoms with Crippen molar-refractivity contribution in [2.24, 2.45) is 0 Å². The Kier molecular flexibility index (Phi) is 7.84. The third kappa shape index (κ3) is 6.10. The van der Waals surface area contributed by atoms with Crippen LogP contribution in [-0.2, 0) is 6.42 Å². The van der Waals surface area contributed by atoms with Gasteiger partial charge in [0.25, 0.3) is 5.91 Å². The molecule has 0 aromatic heterocycles. The highest BCUT2D eigenvalue weighted by molar-refractivity contribution is 5.98. The number of amides is 1. The summed E-state index contributed by atoms with van der Waals surface area (Å²) >= 11 is 0. The van der Waals surface area contributed by atoms with Crippen molar-refractivity contribution in [1.29, 1.82) is 0 Å². The first-order valence-corrected chi connectivity index (χ1v) is 11.8. The van der Waals surface area contributed by atoms with E-state index in [0.717, 1.165) is 27.5 Å². The van der Waals surface area contributed by atoms with Crippen LogP contribution in [0.5, 0.6) is 11.5 Å². The first-order chi connectivity index (χ1) is 17.1. The molecule has 1 amide bonds. The molecule has 0 heterocycles. The molecule has 0 unspecified atom stereocenters. The van der Waals surface area contributed by atoms with Gasteiger partial charge in [0.15, 0.2) is 11.5 Å². The lowest BCUT2D eigenvalue weighted by atomic mass is 10.0. The number of ether oxygens (including phenoxy) is 2. The maximum Gasteiger partial charge on any atom is 0.254 e. The molecular weight excluding hydrogens is 434 g/mol. The molecule has 4 nitrogen and oxygen atoms in total. The Morgan fingerprint density at radius 2 is 1.51 bits per heavy atom. The fourth-order valence-corrected chi connectivity index (χ4v) is 4.24.